The molecule has 0 fully saturated rings. The van der Waals surface area contributed by atoms with E-state index in [1.807, 2.05) is 0 Å². The van der Waals surface area contributed by atoms with Crippen LogP contribution in [0.25, 0.3) is 0 Å². The van der Waals surface area contributed by atoms with Crippen LogP contribution in [0.2, 0.25) is 0 Å². The standard InChI is InChI=1S/C13H30N2/c1-7-8-9-12(2)14-10-13(3,4)11-15(5)6/h12,14H,7-11H2,1-6H3. The van der Waals surface area contributed by atoms with Crippen LogP contribution >= 0.6 is 0 Å². The summed E-state index contributed by atoms with van der Waals surface area (Å²) < 4.78 is 0. The smallest absolute Gasteiger partial charge is 0.00389 e. The monoisotopic (exact) mass is 214 g/mol. The van der Waals surface area contributed by atoms with Crippen molar-refractivity contribution in [3.63, 3.8) is 0 Å². The third kappa shape index (κ3) is 8.88. The van der Waals surface area contributed by atoms with E-state index in [2.05, 4.69) is 52.0 Å². The summed E-state index contributed by atoms with van der Waals surface area (Å²) in [5.41, 5.74) is 0.365. The Morgan fingerprint density at radius 1 is 1.27 bits per heavy atom. The van der Waals surface area contributed by atoms with Gasteiger partial charge in [0.05, 0.1) is 0 Å². The molecule has 1 N–H and O–H groups in total. The van der Waals surface area contributed by atoms with E-state index in [4.69, 9.17) is 0 Å². The summed E-state index contributed by atoms with van der Waals surface area (Å²) in [6.07, 6.45) is 3.93. The maximum atomic E-state index is 3.64. The zero-order chi connectivity index (χ0) is 11.9. The molecule has 1 unspecified atom stereocenters. The second kappa shape index (κ2) is 7.24. The molecule has 0 aromatic carbocycles. The van der Waals surface area contributed by atoms with E-state index in [1.54, 1.807) is 0 Å². The number of hydrogen-bond acceptors (Lipinski definition) is 2. The van der Waals surface area contributed by atoms with Gasteiger partial charge in [0.25, 0.3) is 0 Å². The number of nitrogens with zero attached hydrogens (tertiary/aromatic N) is 1. The van der Waals surface area contributed by atoms with Crippen LogP contribution in [0.3, 0.4) is 0 Å². The summed E-state index contributed by atoms with van der Waals surface area (Å²) in [6, 6.07) is 0.659. The van der Waals surface area contributed by atoms with E-state index in [0.29, 0.717) is 11.5 Å². The van der Waals surface area contributed by atoms with E-state index in [1.165, 1.54) is 19.3 Å². The fraction of sp³-hybridized carbons (Fsp3) is 1.00. The van der Waals surface area contributed by atoms with Crippen molar-refractivity contribution in [3.05, 3.63) is 0 Å². The molecule has 0 heterocycles. The molecule has 0 radical (unpaired) electrons. The van der Waals surface area contributed by atoms with Crippen molar-refractivity contribution in [3.8, 4) is 0 Å². The predicted octanol–water partition coefficient (Wildman–Crippen LogP) is 2.74. The highest BCUT2D eigenvalue weighted by Crippen LogP contribution is 2.14. The molecule has 2 nitrogen and oxygen atoms in total. The maximum absolute atomic E-state index is 3.64. The molecule has 0 saturated heterocycles. The van der Waals surface area contributed by atoms with E-state index in [9.17, 15) is 0 Å². The predicted molar refractivity (Wildman–Crippen MR) is 69.3 cm³/mol. The van der Waals surface area contributed by atoms with Crippen LogP contribution in [0, 0.1) is 5.41 Å². The van der Waals surface area contributed by atoms with Gasteiger partial charge in [-0.1, -0.05) is 33.6 Å². The first-order valence-electron chi connectivity index (χ1n) is 6.25. The van der Waals surface area contributed by atoms with Gasteiger partial charge in [-0.15, -0.1) is 0 Å². The Kier molecular flexibility index (Phi) is 7.20. The lowest BCUT2D eigenvalue weighted by molar-refractivity contribution is 0.225. The molecule has 0 amide bonds. The molecule has 15 heavy (non-hydrogen) atoms. The fourth-order valence-electron chi connectivity index (χ4n) is 1.97. The van der Waals surface area contributed by atoms with Gasteiger partial charge in [-0.05, 0) is 32.9 Å². The Bertz CT molecular complexity index is 153. The second-order valence-corrected chi connectivity index (χ2v) is 5.83. The third-order valence-corrected chi connectivity index (χ3v) is 2.66. The van der Waals surface area contributed by atoms with Crippen LogP contribution in [0.1, 0.15) is 47.0 Å². The van der Waals surface area contributed by atoms with Gasteiger partial charge in [-0.25, -0.2) is 0 Å². The largest absolute Gasteiger partial charge is 0.314 e. The Morgan fingerprint density at radius 2 is 1.87 bits per heavy atom. The molecule has 0 aliphatic rings. The Labute approximate surface area is 96.4 Å². The number of nitrogens with one attached hydrogen (secondary N) is 1. The molecule has 0 aliphatic heterocycles. The normalized spacial score (nSPS) is 14.6. The minimum Gasteiger partial charge on any atom is -0.314 e. The zero-order valence-electron chi connectivity index (χ0n) is 11.6. The average Bonchev–Trinajstić information content (AvgIpc) is 2.09. The summed E-state index contributed by atoms with van der Waals surface area (Å²) in [7, 11) is 4.28. The van der Waals surface area contributed by atoms with Gasteiger partial charge in [0, 0.05) is 19.1 Å². The summed E-state index contributed by atoms with van der Waals surface area (Å²) in [5, 5.41) is 3.64. The SMILES string of the molecule is CCCCC(C)NCC(C)(C)CN(C)C. The van der Waals surface area contributed by atoms with Gasteiger partial charge >= 0.3 is 0 Å². The first-order valence-corrected chi connectivity index (χ1v) is 6.25. The van der Waals surface area contributed by atoms with Gasteiger partial charge in [-0.3, -0.25) is 0 Å². The highest BCUT2D eigenvalue weighted by molar-refractivity contribution is 4.76. The zero-order valence-corrected chi connectivity index (χ0v) is 11.6. The van der Waals surface area contributed by atoms with Crippen LogP contribution < -0.4 is 5.32 Å². The van der Waals surface area contributed by atoms with Gasteiger partial charge in [-0.2, -0.15) is 0 Å². The molecule has 0 aromatic rings. The van der Waals surface area contributed by atoms with E-state index >= 15 is 0 Å². The Morgan fingerprint density at radius 3 is 2.33 bits per heavy atom. The Hall–Kier alpha value is -0.0800. The molecule has 92 valence electrons. The van der Waals surface area contributed by atoms with Crippen molar-refractivity contribution >= 4 is 0 Å². The minimum atomic E-state index is 0.365. The van der Waals surface area contributed by atoms with Crippen molar-refractivity contribution in [2.75, 3.05) is 27.2 Å². The number of hydrogen-bond donors (Lipinski definition) is 1. The summed E-state index contributed by atoms with van der Waals surface area (Å²) in [5.74, 6) is 0. The van der Waals surface area contributed by atoms with E-state index in [-0.39, 0.29) is 0 Å². The van der Waals surface area contributed by atoms with Crippen molar-refractivity contribution in [1.29, 1.82) is 0 Å². The van der Waals surface area contributed by atoms with E-state index in [0.717, 1.165) is 13.1 Å². The quantitative estimate of drug-likeness (QED) is 0.668. The molecule has 0 saturated carbocycles. The first kappa shape index (κ1) is 14.9. The molecular weight excluding hydrogens is 184 g/mol. The topological polar surface area (TPSA) is 15.3 Å². The molecule has 0 rings (SSSR count). The van der Waals surface area contributed by atoms with Gasteiger partial charge in [0.1, 0.15) is 0 Å². The lowest BCUT2D eigenvalue weighted by Crippen LogP contribution is -2.40. The number of rotatable bonds is 8. The van der Waals surface area contributed by atoms with Crippen molar-refractivity contribution in [2.24, 2.45) is 5.41 Å². The highest BCUT2D eigenvalue weighted by Gasteiger charge is 2.19. The summed E-state index contributed by atoms with van der Waals surface area (Å²) in [4.78, 5) is 2.26. The Balaban J connectivity index is 3.71. The summed E-state index contributed by atoms with van der Waals surface area (Å²) >= 11 is 0. The average molecular weight is 214 g/mol. The molecule has 0 spiro atoms. The van der Waals surface area contributed by atoms with Crippen molar-refractivity contribution in [1.82, 2.24) is 10.2 Å². The maximum Gasteiger partial charge on any atom is 0.00389 e. The molecule has 0 aliphatic carbocycles. The molecular formula is C13H30N2. The summed E-state index contributed by atoms with van der Waals surface area (Å²) in [6.45, 7) is 11.4. The number of unbranched alkanes of at least 4 members (excludes halogenated alkanes) is 1. The molecule has 0 bridgehead atoms. The minimum absolute atomic E-state index is 0.365. The van der Waals surface area contributed by atoms with Crippen LogP contribution in [0.15, 0.2) is 0 Å². The van der Waals surface area contributed by atoms with Gasteiger partial charge in [0.15, 0.2) is 0 Å². The molecule has 2 heteroatoms. The third-order valence-electron chi connectivity index (χ3n) is 2.66. The molecule has 1 atom stereocenters. The van der Waals surface area contributed by atoms with Crippen LogP contribution in [0.4, 0.5) is 0 Å². The highest BCUT2D eigenvalue weighted by atomic mass is 15.1. The lowest BCUT2D eigenvalue weighted by Gasteiger charge is -2.30. The van der Waals surface area contributed by atoms with Crippen LogP contribution in [-0.4, -0.2) is 38.1 Å². The first-order chi connectivity index (χ1) is 6.87. The van der Waals surface area contributed by atoms with Crippen LogP contribution in [-0.2, 0) is 0 Å². The lowest BCUT2D eigenvalue weighted by atomic mass is 9.92. The van der Waals surface area contributed by atoms with Crippen LogP contribution in [0.5, 0.6) is 0 Å². The van der Waals surface area contributed by atoms with Gasteiger partial charge < -0.3 is 10.2 Å². The second-order valence-electron chi connectivity index (χ2n) is 5.83. The van der Waals surface area contributed by atoms with E-state index < -0.39 is 0 Å². The van der Waals surface area contributed by atoms with Crippen molar-refractivity contribution in [2.45, 2.75) is 53.0 Å². The molecule has 0 aromatic heterocycles. The van der Waals surface area contributed by atoms with Gasteiger partial charge in [0.2, 0.25) is 0 Å². The fourth-order valence-corrected chi connectivity index (χ4v) is 1.97. The van der Waals surface area contributed by atoms with Crippen molar-refractivity contribution < 1.29 is 0 Å².